The smallest absolute Gasteiger partial charge is 0.194 e. The van der Waals surface area contributed by atoms with Crippen molar-refractivity contribution in [1.29, 1.82) is 0 Å². The lowest BCUT2D eigenvalue weighted by atomic mass is 9.96. The Labute approximate surface area is 191 Å². The lowest BCUT2D eigenvalue weighted by molar-refractivity contribution is -0.0105. The molecule has 3 rings (SSSR count). The van der Waals surface area contributed by atoms with Gasteiger partial charge in [-0.15, -0.1) is 24.0 Å². The molecule has 28 heavy (non-hydrogen) atoms. The second kappa shape index (κ2) is 11.6. The van der Waals surface area contributed by atoms with E-state index in [-0.39, 0.29) is 29.5 Å². The topological polar surface area (TPSA) is 40.1 Å². The van der Waals surface area contributed by atoms with Gasteiger partial charge in [0.1, 0.15) is 0 Å². The van der Waals surface area contributed by atoms with Gasteiger partial charge in [0.15, 0.2) is 5.96 Å². The number of guanidine groups is 1. The molecule has 0 spiro atoms. The first-order valence-electron chi connectivity index (χ1n) is 10.1. The van der Waals surface area contributed by atoms with Gasteiger partial charge in [0.05, 0.1) is 25.3 Å². The fourth-order valence-electron chi connectivity index (χ4n) is 3.84. The molecule has 0 aliphatic carbocycles. The molecule has 1 unspecified atom stereocenters. The second-order valence-corrected chi connectivity index (χ2v) is 8.74. The zero-order valence-electron chi connectivity index (χ0n) is 17.4. The molecule has 2 aliphatic heterocycles. The number of nitrogens with one attached hydrogen (secondary N) is 1. The zero-order chi connectivity index (χ0) is 19.1. The molecule has 158 valence electrons. The number of hydrogen-bond donors (Lipinski definition) is 1. The summed E-state index contributed by atoms with van der Waals surface area (Å²) in [7, 11) is 2.13. The van der Waals surface area contributed by atoms with Gasteiger partial charge < -0.3 is 15.0 Å². The summed E-state index contributed by atoms with van der Waals surface area (Å²) >= 11 is 2.07. The highest BCUT2D eigenvalue weighted by atomic mass is 127. The van der Waals surface area contributed by atoms with Crippen LogP contribution in [0.2, 0.25) is 0 Å². The fraction of sp³-hybridized carbons (Fsp3) is 0.667. The first kappa shape index (κ1) is 23.8. The van der Waals surface area contributed by atoms with Crippen molar-refractivity contribution in [3.63, 3.8) is 0 Å². The zero-order valence-corrected chi connectivity index (χ0v) is 20.6. The molecule has 5 nitrogen and oxygen atoms in total. The summed E-state index contributed by atoms with van der Waals surface area (Å²) in [4.78, 5) is 9.96. The molecule has 1 aromatic carbocycles. The van der Waals surface area contributed by atoms with Crippen molar-refractivity contribution in [2.45, 2.75) is 32.4 Å². The van der Waals surface area contributed by atoms with Crippen molar-refractivity contribution in [1.82, 2.24) is 15.1 Å². The van der Waals surface area contributed by atoms with Crippen LogP contribution < -0.4 is 5.32 Å². The van der Waals surface area contributed by atoms with Gasteiger partial charge in [-0.2, -0.15) is 11.8 Å². The Bertz CT molecular complexity index is 613. The van der Waals surface area contributed by atoms with Crippen molar-refractivity contribution in [2.24, 2.45) is 4.99 Å². The average molecular weight is 519 g/mol. The van der Waals surface area contributed by atoms with Gasteiger partial charge in [-0.25, -0.2) is 0 Å². The highest BCUT2D eigenvalue weighted by molar-refractivity contribution is 14.0. The van der Waals surface area contributed by atoms with Crippen LogP contribution in [-0.2, 0) is 11.3 Å². The third-order valence-electron chi connectivity index (χ3n) is 5.52. The Balaban J connectivity index is 0.00000280. The Kier molecular flexibility index (Phi) is 9.86. The highest BCUT2D eigenvalue weighted by Gasteiger charge is 2.40. The Hall–Kier alpha value is -0.510. The minimum absolute atomic E-state index is 0. The van der Waals surface area contributed by atoms with E-state index < -0.39 is 0 Å². The number of aliphatic imine (C=N–C) groups is 1. The maximum Gasteiger partial charge on any atom is 0.194 e. The van der Waals surface area contributed by atoms with Crippen molar-refractivity contribution >= 4 is 41.7 Å². The first-order chi connectivity index (χ1) is 13.1. The molecular formula is C21H35IN4OS. The standard InChI is InChI=1S/C21H34N4OS.HI/c1-4-22-20(24(3)15-19-7-5-18(2)6-8-19)23-16-21(9-14-27-17-21)25-10-12-26-13-11-25;/h5-8H,4,9-17H2,1-3H3,(H,22,23);1H. The number of hydrogen-bond acceptors (Lipinski definition) is 4. The predicted octanol–water partition coefficient (Wildman–Crippen LogP) is 3.22. The van der Waals surface area contributed by atoms with Crippen molar-refractivity contribution in [2.75, 3.05) is 57.9 Å². The molecule has 0 aromatic heterocycles. The fourth-order valence-corrected chi connectivity index (χ4v) is 5.31. The van der Waals surface area contributed by atoms with E-state index in [1.165, 1.54) is 29.1 Å². The quantitative estimate of drug-likeness (QED) is 0.356. The number of aryl methyl sites for hydroxylation is 1. The van der Waals surface area contributed by atoms with Crippen LogP contribution in [0.4, 0.5) is 0 Å². The number of thioether (sulfide) groups is 1. The molecule has 0 radical (unpaired) electrons. The molecule has 7 heteroatoms. The average Bonchev–Trinajstić information content (AvgIpc) is 3.18. The Morgan fingerprint density at radius 3 is 2.61 bits per heavy atom. The van der Waals surface area contributed by atoms with Gasteiger partial charge in [0, 0.05) is 39.0 Å². The van der Waals surface area contributed by atoms with Crippen LogP contribution >= 0.6 is 35.7 Å². The lowest BCUT2D eigenvalue weighted by Gasteiger charge is -2.42. The van der Waals surface area contributed by atoms with Gasteiger partial charge in [-0.05, 0) is 31.6 Å². The third-order valence-corrected chi connectivity index (χ3v) is 6.76. The van der Waals surface area contributed by atoms with Crippen LogP contribution in [0.1, 0.15) is 24.5 Å². The molecule has 2 saturated heterocycles. The molecule has 0 amide bonds. The minimum Gasteiger partial charge on any atom is -0.379 e. The predicted molar refractivity (Wildman–Crippen MR) is 131 cm³/mol. The van der Waals surface area contributed by atoms with Gasteiger partial charge in [0.25, 0.3) is 0 Å². The van der Waals surface area contributed by atoms with E-state index in [0.29, 0.717) is 0 Å². The van der Waals surface area contributed by atoms with Gasteiger partial charge in [0.2, 0.25) is 0 Å². The molecule has 0 bridgehead atoms. The number of rotatable bonds is 6. The van der Waals surface area contributed by atoms with Gasteiger partial charge >= 0.3 is 0 Å². The van der Waals surface area contributed by atoms with Gasteiger partial charge in [-0.3, -0.25) is 9.89 Å². The maximum absolute atomic E-state index is 5.58. The molecule has 1 aromatic rings. The molecule has 2 fully saturated rings. The number of ether oxygens (including phenoxy) is 1. The van der Waals surface area contributed by atoms with Crippen LogP contribution in [0, 0.1) is 6.92 Å². The Morgan fingerprint density at radius 1 is 1.29 bits per heavy atom. The van der Waals surface area contributed by atoms with E-state index in [0.717, 1.165) is 51.9 Å². The van der Waals surface area contributed by atoms with Crippen molar-refractivity contribution < 1.29 is 4.74 Å². The number of halogens is 1. The molecule has 2 aliphatic rings. The number of morpholine rings is 1. The van der Waals surface area contributed by atoms with Crippen LogP contribution in [-0.4, -0.2) is 79.2 Å². The van der Waals surface area contributed by atoms with Crippen molar-refractivity contribution in [3.05, 3.63) is 35.4 Å². The summed E-state index contributed by atoms with van der Waals surface area (Å²) in [5.41, 5.74) is 2.81. The lowest BCUT2D eigenvalue weighted by Crippen LogP contribution is -2.56. The highest BCUT2D eigenvalue weighted by Crippen LogP contribution is 2.34. The van der Waals surface area contributed by atoms with Crippen LogP contribution in [0.15, 0.2) is 29.3 Å². The third kappa shape index (κ3) is 6.24. The normalized spacial score (nSPS) is 23.3. The molecular weight excluding hydrogens is 483 g/mol. The van der Waals surface area contributed by atoms with E-state index in [2.05, 4.69) is 72.0 Å². The largest absolute Gasteiger partial charge is 0.379 e. The number of benzene rings is 1. The van der Waals surface area contributed by atoms with Crippen molar-refractivity contribution in [3.8, 4) is 0 Å². The van der Waals surface area contributed by atoms with Crippen LogP contribution in [0.3, 0.4) is 0 Å². The van der Waals surface area contributed by atoms with E-state index in [9.17, 15) is 0 Å². The summed E-state index contributed by atoms with van der Waals surface area (Å²) in [5, 5.41) is 3.48. The monoisotopic (exact) mass is 518 g/mol. The minimum atomic E-state index is 0. The first-order valence-corrected chi connectivity index (χ1v) is 11.2. The summed E-state index contributed by atoms with van der Waals surface area (Å²) in [6, 6.07) is 8.77. The van der Waals surface area contributed by atoms with E-state index in [4.69, 9.17) is 9.73 Å². The SMILES string of the molecule is CCNC(=NCC1(N2CCOCC2)CCSC1)N(C)Cc1ccc(C)cc1.I. The maximum atomic E-state index is 5.58. The van der Waals surface area contributed by atoms with Gasteiger partial charge in [-0.1, -0.05) is 29.8 Å². The van der Waals surface area contributed by atoms with E-state index in [1.54, 1.807) is 0 Å². The van der Waals surface area contributed by atoms with Crippen LogP contribution in [0.25, 0.3) is 0 Å². The summed E-state index contributed by atoms with van der Waals surface area (Å²) in [6.45, 7) is 10.6. The summed E-state index contributed by atoms with van der Waals surface area (Å²) in [5.74, 6) is 3.42. The summed E-state index contributed by atoms with van der Waals surface area (Å²) in [6.07, 6.45) is 1.22. The molecule has 1 N–H and O–H groups in total. The Morgan fingerprint density at radius 2 is 2.00 bits per heavy atom. The van der Waals surface area contributed by atoms with E-state index in [1.807, 2.05) is 0 Å². The molecule has 0 saturated carbocycles. The number of nitrogens with zero attached hydrogens (tertiary/aromatic N) is 3. The van der Waals surface area contributed by atoms with Crippen LogP contribution in [0.5, 0.6) is 0 Å². The summed E-state index contributed by atoms with van der Waals surface area (Å²) < 4.78 is 5.58. The molecule has 2 heterocycles. The van der Waals surface area contributed by atoms with E-state index >= 15 is 0 Å². The molecule has 1 atom stereocenters. The second-order valence-electron chi connectivity index (χ2n) is 7.64.